The SMILES string of the molecule is CN(C)C(=O)c1ccc(CCCNCCNS(=O)(=O)c2cc(-c3ccccc3)cc3cnccc23)cc1. The number of nitrogens with one attached hydrogen (secondary N) is 2. The van der Waals surface area contributed by atoms with Gasteiger partial charge in [-0.15, -0.1) is 0 Å². The lowest BCUT2D eigenvalue weighted by atomic mass is 10.0. The number of hydrogen-bond acceptors (Lipinski definition) is 5. The van der Waals surface area contributed by atoms with E-state index >= 15 is 0 Å². The molecule has 0 spiro atoms. The monoisotopic (exact) mass is 516 g/mol. The lowest BCUT2D eigenvalue weighted by molar-refractivity contribution is 0.0827. The third kappa shape index (κ3) is 6.80. The van der Waals surface area contributed by atoms with E-state index in [1.807, 2.05) is 60.7 Å². The number of nitrogens with zero attached hydrogens (tertiary/aromatic N) is 2. The normalized spacial score (nSPS) is 11.5. The Hall–Kier alpha value is -3.59. The number of amides is 1. The number of sulfonamides is 1. The standard InChI is InChI=1S/C29H32N4O3S/c1-33(2)29(34)24-12-10-22(11-13-24)7-6-15-30-17-18-32-37(35,36)28-20-25(23-8-4-3-5-9-23)19-26-21-31-16-14-27(26)28/h3-5,8-14,16,19-21,30,32H,6-7,15,17-18H2,1-2H3. The number of aromatic nitrogens is 1. The Morgan fingerprint density at radius 1 is 0.892 bits per heavy atom. The molecule has 0 atom stereocenters. The molecule has 4 rings (SSSR count). The third-order valence-electron chi connectivity index (χ3n) is 6.13. The van der Waals surface area contributed by atoms with Crippen molar-refractivity contribution in [3.63, 3.8) is 0 Å². The van der Waals surface area contributed by atoms with Crippen molar-refractivity contribution in [1.82, 2.24) is 19.9 Å². The molecule has 3 aromatic carbocycles. The van der Waals surface area contributed by atoms with Crippen LogP contribution in [0.15, 0.2) is 90.1 Å². The maximum Gasteiger partial charge on any atom is 0.253 e. The molecule has 2 N–H and O–H groups in total. The first-order chi connectivity index (χ1) is 17.8. The number of carbonyl (C=O) groups is 1. The summed E-state index contributed by atoms with van der Waals surface area (Å²) in [6.45, 7) is 1.57. The van der Waals surface area contributed by atoms with Crippen molar-refractivity contribution in [3.8, 4) is 11.1 Å². The summed E-state index contributed by atoms with van der Waals surface area (Å²) in [6, 6.07) is 22.8. The van der Waals surface area contributed by atoms with Crippen molar-refractivity contribution in [1.29, 1.82) is 0 Å². The van der Waals surface area contributed by atoms with Gasteiger partial charge >= 0.3 is 0 Å². The molecule has 7 nitrogen and oxygen atoms in total. The molecule has 0 fully saturated rings. The molecule has 0 aliphatic heterocycles. The second kappa shape index (κ2) is 12.1. The zero-order valence-electron chi connectivity index (χ0n) is 21.1. The zero-order chi connectivity index (χ0) is 26.3. The fourth-order valence-electron chi connectivity index (χ4n) is 4.16. The van der Waals surface area contributed by atoms with E-state index < -0.39 is 10.0 Å². The molecule has 0 saturated carbocycles. The van der Waals surface area contributed by atoms with Gasteiger partial charge in [0.25, 0.3) is 5.91 Å². The van der Waals surface area contributed by atoms with Gasteiger partial charge in [0.2, 0.25) is 10.0 Å². The molecule has 1 heterocycles. The number of benzene rings is 3. The highest BCUT2D eigenvalue weighted by atomic mass is 32.2. The van der Waals surface area contributed by atoms with Crippen LogP contribution in [0.2, 0.25) is 0 Å². The quantitative estimate of drug-likeness (QED) is 0.293. The Balaban J connectivity index is 1.30. The van der Waals surface area contributed by atoms with Crippen LogP contribution in [0.1, 0.15) is 22.3 Å². The van der Waals surface area contributed by atoms with Crippen molar-refractivity contribution in [2.24, 2.45) is 0 Å². The number of aryl methyl sites for hydroxylation is 1. The Labute approximate surface area is 218 Å². The van der Waals surface area contributed by atoms with Crippen molar-refractivity contribution in [3.05, 3.63) is 96.3 Å². The largest absolute Gasteiger partial charge is 0.345 e. The van der Waals surface area contributed by atoms with Gasteiger partial charge in [-0.1, -0.05) is 42.5 Å². The summed E-state index contributed by atoms with van der Waals surface area (Å²) in [5.41, 5.74) is 3.62. The molecule has 0 saturated heterocycles. The van der Waals surface area contributed by atoms with E-state index in [9.17, 15) is 13.2 Å². The van der Waals surface area contributed by atoms with Crippen LogP contribution in [-0.2, 0) is 16.4 Å². The highest BCUT2D eigenvalue weighted by molar-refractivity contribution is 7.89. The molecule has 0 unspecified atom stereocenters. The third-order valence-corrected chi connectivity index (χ3v) is 7.63. The Morgan fingerprint density at radius 2 is 1.65 bits per heavy atom. The van der Waals surface area contributed by atoms with E-state index in [1.54, 1.807) is 43.5 Å². The Bertz CT molecular complexity index is 1450. The molecule has 0 aliphatic carbocycles. The van der Waals surface area contributed by atoms with Crippen LogP contribution in [0.5, 0.6) is 0 Å². The van der Waals surface area contributed by atoms with Crippen molar-refractivity contribution in [2.75, 3.05) is 33.7 Å². The summed E-state index contributed by atoms with van der Waals surface area (Å²) in [6.07, 6.45) is 5.08. The van der Waals surface area contributed by atoms with Crippen LogP contribution in [-0.4, -0.2) is 57.9 Å². The van der Waals surface area contributed by atoms with Gasteiger partial charge in [-0.25, -0.2) is 13.1 Å². The maximum absolute atomic E-state index is 13.2. The second-order valence-electron chi connectivity index (χ2n) is 9.09. The van der Waals surface area contributed by atoms with Gasteiger partial charge in [0.05, 0.1) is 4.90 Å². The van der Waals surface area contributed by atoms with E-state index in [0.717, 1.165) is 41.5 Å². The Morgan fingerprint density at radius 3 is 2.38 bits per heavy atom. The molecule has 4 aromatic rings. The molecular weight excluding hydrogens is 484 g/mol. The average Bonchev–Trinajstić information content (AvgIpc) is 2.92. The first-order valence-corrected chi connectivity index (χ1v) is 13.8. The molecule has 8 heteroatoms. The number of rotatable bonds is 11. The number of hydrogen-bond donors (Lipinski definition) is 2. The van der Waals surface area contributed by atoms with Crippen LogP contribution in [0.3, 0.4) is 0 Å². The number of fused-ring (bicyclic) bond motifs is 1. The second-order valence-corrected chi connectivity index (χ2v) is 10.8. The van der Waals surface area contributed by atoms with Gasteiger partial charge in [-0.3, -0.25) is 9.78 Å². The average molecular weight is 517 g/mol. The van der Waals surface area contributed by atoms with E-state index in [0.29, 0.717) is 17.5 Å². The van der Waals surface area contributed by atoms with Crippen LogP contribution in [0.25, 0.3) is 21.9 Å². The topological polar surface area (TPSA) is 91.4 Å². The summed E-state index contributed by atoms with van der Waals surface area (Å²) in [7, 11) is -0.240. The lowest BCUT2D eigenvalue weighted by Crippen LogP contribution is -2.32. The minimum Gasteiger partial charge on any atom is -0.345 e. The molecule has 1 amide bonds. The van der Waals surface area contributed by atoms with Crippen molar-refractivity contribution in [2.45, 2.75) is 17.7 Å². The molecule has 0 aliphatic rings. The minimum absolute atomic E-state index is 0.00729. The summed E-state index contributed by atoms with van der Waals surface area (Å²) in [5.74, 6) is -0.00729. The first-order valence-electron chi connectivity index (χ1n) is 12.3. The van der Waals surface area contributed by atoms with Gasteiger partial charge in [0, 0.05) is 55.9 Å². The van der Waals surface area contributed by atoms with Gasteiger partial charge < -0.3 is 10.2 Å². The Kier molecular flexibility index (Phi) is 8.66. The highest BCUT2D eigenvalue weighted by Crippen LogP contribution is 2.30. The number of carbonyl (C=O) groups excluding carboxylic acids is 1. The van der Waals surface area contributed by atoms with Gasteiger partial charge in [0.15, 0.2) is 0 Å². The summed E-state index contributed by atoms with van der Waals surface area (Å²) >= 11 is 0. The fourth-order valence-corrected chi connectivity index (χ4v) is 5.44. The predicted molar refractivity (Wildman–Crippen MR) is 148 cm³/mol. The van der Waals surface area contributed by atoms with Crippen LogP contribution in [0, 0.1) is 0 Å². The molecule has 192 valence electrons. The van der Waals surface area contributed by atoms with Gasteiger partial charge in [-0.2, -0.15) is 0 Å². The first kappa shape index (κ1) is 26.5. The smallest absolute Gasteiger partial charge is 0.253 e. The molecule has 0 bridgehead atoms. The zero-order valence-corrected chi connectivity index (χ0v) is 22.0. The van der Waals surface area contributed by atoms with E-state index in [1.165, 1.54) is 0 Å². The van der Waals surface area contributed by atoms with Crippen LogP contribution >= 0.6 is 0 Å². The lowest BCUT2D eigenvalue weighted by Gasteiger charge is -2.13. The van der Waals surface area contributed by atoms with Gasteiger partial charge in [0.1, 0.15) is 0 Å². The van der Waals surface area contributed by atoms with E-state index in [2.05, 4.69) is 15.0 Å². The van der Waals surface area contributed by atoms with E-state index in [-0.39, 0.29) is 17.3 Å². The predicted octanol–water partition coefficient (Wildman–Crippen LogP) is 4.10. The number of pyridine rings is 1. The van der Waals surface area contributed by atoms with Crippen molar-refractivity contribution < 1.29 is 13.2 Å². The highest BCUT2D eigenvalue weighted by Gasteiger charge is 2.18. The molecule has 0 radical (unpaired) electrons. The van der Waals surface area contributed by atoms with Crippen molar-refractivity contribution >= 4 is 26.7 Å². The minimum atomic E-state index is -3.72. The van der Waals surface area contributed by atoms with Crippen LogP contribution in [0.4, 0.5) is 0 Å². The fraction of sp³-hybridized carbons (Fsp3) is 0.241. The molecule has 37 heavy (non-hydrogen) atoms. The van der Waals surface area contributed by atoms with Crippen LogP contribution < -0.4 is 10.0 Å². The summed E-state index contributed by atoms with van der Waals surface area (Å²) in [5, 5.41) is 4.73. The molecular formula is C29H32N4O3S. The summed E-state index contributed by atoms with van der Waals surface area (Å²) < 4.78 is 29.2. The van der Waals surface area contributed by atoms with Gasteiger partial charge in [-0.05, 0) is 66.4 Å². The summed E-state index contributed by atoms with van der Waals surface area (Å²) in [4.78, 5) is 18.0. The van der Waals surface area contributed by atoms with E-state index in [4.69, 9.17) is 0 Å². The molecule has 1 aromatic heterocycles. The maximum atomic E-state index is 13.2.